The van der Waals surface area contributed by atoms with Crippen molar-refractivity contribution in [3.8, 4) is 5.75 Å². The van der Waals surface area contributed by atoms with E-state index in [1.165, 1.54) is 30.1 Å². The summed E-state index contributed by atoms with van der Waals surface area (Å²) in [6.07, 6.45) is -2.86. The number of nitrogens with zero attached hydrogens (tertiary/aromatic N) is 2. The van der Waals surface area contributed by atoms with Crippen LogP contribution in [0.25, 0.3) is 0 Å². The molecule has 1 heterocycles. The molecule has 0 saturated carbocycles. The number of benzene rings is 1. The van der Waals surface area contributed by atoms with Crippen LogP contribution in [0, 0.1) is 0 Å². The summed E-state index contributed by atoms with van der Waals surface area (Å²) >= 11 is 3.19. The van der Waals surface area contributed by atoms with Crippen LogP contribution >= 0.6 is 15.9 Å². The number of alkyl halides is 3. The standard InChI is InChI=1S/C14H13BrF3N3O2/c1-21-13(22)12(15)11(7-20-21)19-6-9-2-4-10(5-3-9)23-8-14(16,17)18/h2-5,7,19H,6,8H2,1H3. The molecule has 0 bridgehead atoms. The molecule has 0 aliphatic heterocycles. The highest BCUT2D eigenvalue weighted by Crippen LogP contribution is 2.20. The highest BCUT2D eigenvalue weighted by molar-refractivity contribution is 9.10. The molecule has 9 heteroatoms. The van der Waals surface area contributed by atoms with Gasteiger partial charge in [0.05, 0.1) is 11.9 Å². The Morgan fingerprint density at radius 3 is 2.57 bits per heavy atom. The Morgan fingerprint density at radius 2 is 1.96 bits per heavy atom. The van der Waals surface area contributed by atoms with E-state index in [-0.39, 0.29) is 11.3 Å². The molecule has 0 unspecified atom stereocenters. The van der Waals surface area contributed by atoms with Crippen LogP contribution in [-0.2, 0) is 13.6 Å². The van der Waals surface area contributed by atoms with Gasteiger partial charge in [-0.15, -0.1) is 0 Å². The van der Waals surface area contributed by atoms with Crippen LogP contribution < -0.4 is 15.6 Å². The van der Waals surface area contributed by atoms with Gasteiger partial charge in [-0.2, -0.15) is 18.3 Å². The monoisotopic (exact) mass is 391 g/mol. The molecule has 1 N–H and O–H groups in total. The summed E-state index contributed by atoms with van der Waals surface area (Å²) in [4.78, 5) is 11.7. The van der Waals surface area contributed by atoms with Crippen molar-refractivity contribution < 1.29 is 17.9 Å². The maximum absolute atomic E-state index is 12.1. The molecule has 0 amide bonds. The van der Waals surface area contributed by atoms with Crippen molar-refractivity contribution in [2.45, 2.75) is 12.7 Å². The fourth-order valence-electron chi connectivity index (χ4n) is 1.70. The number of aryl methyl sites for hydroxylation is 1. The number of aromatic nitrogens is 2. The molecule has 2 rings (SSSR count). The zero-order valence-electron chi connectivity index (χ0n) is 12.0. The summed E-state index contributed by atoms with van der Waals surface area (Å²) in [5.41, 5.74) is 1.08. The first-order valence-electron chi connectivity index (χ1n) is 6.50. The second-order valence-corrected chi connectivity index (χ2v) is 5.50. The molecular weight excluding hydrogens is 379 g/mol. The minimum atomic E-state index is -4.36. The number of hydrogen-bond donors (Lipinski definition) is 1. The third-order valence-electron chi connectivity index (χ3n) is 2.89. The fraction of sp³-hybridized carbons (Fsp3) is 0.286. The molecule has 0 saturated heterocycles. The molecular formula is C14H13BrF3N3O2. The van der Waals surface area contributed by atoms with Crippen molar-refractivity contribution in [2.75, 3.05) is 11.9 Å². The lowest BCUT2D eigenvalue weighted by Gasteiger charge is -2.11. The van der Waals surface area contributed by atoms with Crippen molar-refractivity contribution in [1.29, 1.82) is 0 Å². The molecule has 0 aliphatic carbocycles. The molecule has 1 aromatic carbocycles. The van der Waals surface area contributed by atoms with E-state index in [0.29, 0.717) is 16.7 Å². The van der Waals surface area contributed by atoms with Crippen LogP contribution in [0.15, 0.2) is 39.7 Å². The van der Waals surface area contributed by atoms with E-state index in [1.54, 1.807) is 12.1 Å². The zero-order chi connectivity index (χ0) is 17.0. The average Bonchev–Trinajstić information content (AvgIpc) is 2.50. The van der Waals surface area contributed by atoms with Gasteiger partial charge in [0, 0.05) is 13.6 Å². The Hall–Kier alpha value is -2.03. The van der Waals surface area contributed by atoms with Gasteiger partial charge in [-0.05, 0) is 33.6 Å². The molecule has 0 atom stereocenters. The van der Waals surface area contributed by atoms with Gasteiger partial charge in [0.1, 0.15) is 10.2 Å². The van der Waals surface area contributed by atoms with Crippen LogP contribution in [0.4, 0.5) is 18.9 Å². The van der Waals surface area contributed by atoms with Gasteiger partial charge < -0.3 is 10.1 Å². The van der Waals surface area contributed by atoms with Gasteiger partial charge in [0.15, 0.2) is 6.61 Å². The maximum Gasteiger partial charge on any atom is 0.422 e. The van der Waals surface area contributed by atoms with Crippen molar-refractivity contribution in [2.24, 2.45) is 7.05 Å². The predicted molar refractivity (Wildman–Crippen MR) is 82.5 cm³/mol. The first kappa shape index (κ1) is 17.3. The number of hydrogen-bond acceptors (Lipinski definition) is 4. The Morgan fingerprint density at radius 1 is 1.30 bits per heavy atom. The van der Waals surface area contributed by atoms with Gasteiger partial charge in [-0.1, -0.05) is 12.1 Å². The van der Waals surface area contributed by atoms with Gasteiger partial charge in [-0.3, -0.25) is 4.79 Å². The molecule has 23 heavy (non-hydrogen) atoms. The summed E-state index contributed by atoms with van der Waals surface area (Å²) in [5, 5.41) is 6.93. The van der Waals surface area contributed by atoms with Gasteiger partial charge >= 0.3 is 6.18 Å². The lowest BCUT2D eigenvalue weighted by Crippen LogP contribution is -2.21. The quantitative estimate of drug-likeness (QED) is 0.850. The Balaban J connectivity index is 1.97. The largest absolute Gasteiger partial charge is 0.484 e. The van der Waals surface area contributed by atoms with Crippen molar-refractivity contribution in [3.63, 3.8) is 0 Å². The minimum absolute atomic E-state index is 0.141. The second-order valence-electron chi connectivity index (χ2n) is 4.70. The summed E-state index contributed by atoms with van der Waals surface area (Å²) in [6, 6.07) is 6.20. The normalized spacial score (nSPS) is 11.3. The van der Waals surface area contributed by atoms with E-state index in [0.717, 1.165) is 5.56 Å². The predicted octanol–water partition coefficient (Wildman–Crippen LogP) is 3.10. The SMILES string of the molecule is Cn1ncc(NCc2ccc(OCC(F)(F)F)cc2)c(Br)c1=O. The van der Waals surface area contributed by atoms with E-state index in [4.69, 9.17) is 0 Å². The van der Waals surface area contributed by atoms with E-state index in [9.17, 15) is 18.0 Å². The highest BCUT2D eigenvalue weighted by atomic mass is 79.9. The van der Waals surface area contributed by atoms with E-state index in [2.05, 4.69) is 31.1 Å². The number of rotatable bonds is 5. The highest BCUT2D eigenvalue weighted by Gasteiger charge is 2.28. The van der Waals surface area contributed by atoms with E-state index < -0.39 is 12.8 Å². The van der Waals surface area contributed by atoms with Crippen LogP contribution in [-0.4, -0.2) is 22.6 Å². The number of anilines is 1. The lowest BCUT2D eigenvalue weighted by molar-refractivity contribution is -0.153. The lowest BCUT2D eigenvalue weighted by atomic mass is 10.2. The third kappa shape index (κ3) is 4.98. The molecule has 0 radical (unpaired) electrons. The van der Waals surface area contributed by atoms with Crippen molar-refractivity contribution >= 4 is 21.6 Å². The first-order chi connectivity index (χ1) is 10.8. The van der Waals surface area contributed by atoms with Crippen LogP contribution in [0.5, 0.6) is 5.75 Å². The third-order valence-corrected chi connectivity index (χ3v) is 3.65. The number of nitrogens with one attached hydrogen (secondary N) is 1. The number of ether oxygens (including phenoxy) is 1. The fourth-order valence-corrected chi connectivity index (χ4v) is 2.20. The topological polar surface area (TPSA) is 56.1 Å². The molecule has 1 aromatic heterocycles. The van der Waals surface area contributed by atoms with Gasteiger partial charge in [0.2, 0.25) is 0 Å². The number of halogens is 4. The minimum Gasteiger partial charge on any atom is -0.484 e. The summed E-state index contributed by atoms with van der Waals surface area (Å²) in [6.45, 7) is -0.941. The Bertz CT molecular complexity index is 730. The van der Waals surface area contributed by atoms with Crippen molar-refractivity contribution in [3.05, 3.63) is 50.9 Å². The van der Waals surface area contributed by atoms with E-state index >= 15 is 0 Å². The molecule has 5 nitrogen and oxygen atoms in total. The summed E-state index contributed by atoms with van der Waals surface area (Å²) < 4.78 is 42.4. The second kappa shape index (κ2) is 7.03. The summed E-state index contributed by atoms with van der Waals surface area (Å²) in [5.74, 6) is 0.141. The van der Waals surface area contributed by atoms with Gasteiger partial charge in [-0.25, -0.2) is 4.68 Å². The van der Waals surface area contributed by atoms with Crippen molar-refractivity contribution in [1.82, 2.24) is 9.78 Å². The smallest absolute Gasteiger partial charge is 0.422 e. The zero-order valence-corrected chi connectivity index (χ0v) is 13.6. The molecule has 2 aromatic rings. The van der Waals surface area contributed by atoms with Crippen LogP contribution in [0.1, 0.15) is 5.56 Å². The Kier molecular flexibility index (Phi) is 5.30. The van der Waals surface area contributed by atoms with Crippen LogP contribution in [0.3, 0.4) is 0 Å². The van der Waals surface area contributed by atoms with E-state index in [1.807, 2.05) is 0 Å². The maximum atomic E-state index is 12.1. The molecule has 0 fully saturated rings. The Labute approximate surface area is 138 Å². The summed E-state index contributed by atoms with van der Waals surface area (Å²) in [7, 11) is 1.54. The molecule has 124 valence electrons. The van der Waals surface area contributed by atoms with Crippen LogP contribution in [0.2, 0.25) is 0 Å². The molecule has 0 spiro atoms. The molecule has 0 aliphatic rings. The average molecular weight is 392 g/mol. The van der Waals surface area contributed by atoms with Gasteiger partial charge in [0.25, 0.3) is 5.56 Å². The first-order valence-corrected chi connectivity index (χ1v) is 7.30.